The third-order valence-corrected chi connectivity index (χ3v) is 4.89. The van der Waals surface area contributed by atoms with Crippen molar-refractivity contribution in [1.82, 2.24) is 15.1 Å². The van der Waals surface area contributed by atoms with Crippen molar-refractivity contribution < 1.29 is 14.3 Å². The zero-order valence-corrected chi connectivity index (χ0v) is 15.0. The molecule has 2 aliphatic rings. The summed E-state index contributed by atoms with van der Waals surface area (Å²) in [6, 6.07) is 6.89. The van der Waals surface area contributed by atoms with Crippen molar-refractivity contribution in [3.05, 3.63) is 41.1 Å². The first kappa shape index (κ1) is 17.3. The van der Waals surface area contributed by atoms with Crippen LogP contribution in [0.4, 0.5) is 4.79 Å². The van der Waals surface area contributed by atoms with E-state index >= 15 is 0 Å². The van der Waals surface area contributed by atoms with E-state index in [2.05, 4.69) is 12.2 Å². The first-order valence-electron chi connectivity index (χ1n) is 8.77. The molecular formula is C19H25N3O3. The fraction of sp³-hybridized carbons (Fsp3) is 0.474. The number of ether oxygens (including phenoxy) is 1. The van der Waals surface area contributed by atoms with Gasteiger partial charge in [0.25, 0.3) is 5.91 Å². The molecule has 0 bridgehead atoms. The predicted molar refractivity (Wildman–Crippen MR) is 95.2 cm³/mol. The molecule has 1 atom stereocenters. The van der Waals surface area contributed by atoms with Gasteiger partial charge in [-0.25, -0.2) is 4.79 Å². The van der Waals surface area contributed by atoms with E-state index in [9.17, 15) is 9.59 Å². The van der Waals surface area contributed by atoms with Crippen LogP contribution in [0.5, 0.6) is 5.75 Å². The summed E-state index contributed by atoms with van der Waals surface area (Å²) in [5, 5.41) is 2.95. The van der Waals surface area contributed by atoms with E-state index in [-0.39, 0.29) is 11.9 Å². The Kier molecular flexibility index (Phi) is 4.97. The van der Waals surface area contributed by atoms with Crippen LogP contribution in [0.25, 0.3) is 0 Å². The molecule has 0 radical (unpaired) electrons. The van der Waals surface area contributed by atoms with E-state index in [4.69, 9.17) is 4.74 Å². The summed E-state index contributed by atoms with van der Waals surface area (Å²) in [7, 11) is 3.32. The van der Waals surface area contributed by atoms with E-state index in [0.717, 1.165) is 37.1 Å². The number of hydrogen-bond acceptors (Lipinski definition) is 3. The lowest BCUT2D eigenvalue weighted by atomic mass is 9.95. The second-order valence-corrected chi connectivity index (χ2v) is 6.51. The van der Waals surface area contributed by atoms with Gasteiger partial charge < -0.3 is 15.0 Å². The Balaban J connectivity index is 1.91. The Morgan fingerprint density at radius 1 is 1.28 bits per heavy atom. The van der Waals surface area contributed by atoms with E-state index in [1.165, 1.54) is 0 Å². The minimum absolute atomic E-state index is 0.0192. The first-order chi connectivity index (χ1) is 12.1. The molecule has 2 aliphatic heterocycles. The van der Waals surface area contributed by atoms with Gasteiger partial charge in [0.15, 0.2) is 0 Å². The molecular weight excluding hydrogens is 318 g/mol. The second-order valence-electron chi connectivity index (χ2n) is 6.51. The van der Waals surface area contributed by atoms with Gasteiger partial charge in [-0.15, -0.1) is 0 Å². The minimum atomic E-state index is -0.433. The number of carbonyl (C=O) groups excluding carboxylic acids is 2. The van der Waals surface area contributed by atoms with Gasteiger partial charge in [0.1, 0.15) is 5.75 Å². The van der Waals surface area contributed by atoms with E-state index in [1.54, 1.807) is 19.1 Å². The van der Waals surface area contributed by atoms with Crippen LogP contribution in [0.3, 0.4) is 0 Å². The SMILES string of the molecule is CCCCCN1CC2=C(C1=O)[C@@H](c1cccc(OC)c1)NC(=O)N2C. The van der Waals surface area contributed by atoms with Gasteiger partial charge in [0.2, 0.25) is 0 Å². The summed E-state index contributed by atoms with van der Waals surface area (Å²) in [6.45, 7) is 3.37. The Morgan fingerprint density at radius 2 is 2.08 bits per heavy atom. The summed E-state index contributed by atoms with van der Waals surface area (Å²) in [6.07, 6.45) is 3.19. The monoisotopic (exact) mass is 343 g/mol. The molecule has 0 fully saturated rings. The van der Waals surface area contributed by atoms with Crippen LogP contribution in [-0.4, -0.2) is 49.0 Å². The van der Waals surface area contributed by atoms with Crippen molar-refractivity contribution in [2.24, 2.45) is 0 Å². The Labute approximate surface area is 148 Å². The lowest BCUT2D eigenvalue weighted by Gasteiger charge is -2.31. The van der Waals surface area contributed by atoms with E-state index in [1.807, 2.05) is 29.2 Å². The molecule has 1 aromatic carbocycles. The quantitative estimate of drug-likeness (QED) is 0.808. The van der Waals surface area contributed by atoms with Crippen molar-refractivity contribution >= 4 is 11.9 Å². The molecule has 6 heteroatoms. The number of likely N-dealkylation sites (N-methyl/N-ethyl adjacent to an activating group) is 1. The topological polar surface area (TPSA) is 61.9 Å². The maximum absolute atomic E-state index is 13.0. The maximum Gasteiger partial charge on any atom is 0.322 e. The largest absolute Gasteiger partial charge is 0.497 e. The van der Waals surface area contributed by atoms with Crippen molar-refractivity contribution in [2.45, 2.75) is 32.2 Å². The second kappa shape index (κ2) is 7.17. The van der Waals surface area contributed by atoms with Crippen LogP contribution < -0.4 is 10.1 Å². The molecule has 3 rings (SSSR count). The zero-order chi connectivity index (χ0) is 18.0. The molecule has 0 unspecified atom stereocenters. The number of nitrogens with zero attached hydrogens (tertiary/aromatic N) is 2. The molecule has 0 saturated heterocycles. The normalized spacial score (nSPS) is 20.0. The molecule has 2 heterocycles. The molecule has 1 N–H and O–H groups in total. The van der Waals surface area contributed by atoms with Gasteiger partial charge in [-0.3, -0.25) is 9.69 Å². The van der Waals surface area contributed by atoms with Gasteiger partial charge in [-0.2, -0.15) is 0 Å². The number of nitrogens with one attached hydrogen (secondary N) is 1. The molecule has 0 saturated carbocycles. The number of benzene rings is 1. The molecule has 0 spiro atoms. The highest BCUT2D eigenvalue weighted by Gasteiger charge is 2.42. The van der Waals surface area contributed by atoms with Gasteiger partial charge in [0.05, 0.1) is 31.0 Å². The predicted octanol–water partition coefficient (Wildman–Crippen LogP) is 2.68. The van der Waals surface area contributed by atoms with Crippen LogP contribution in [0.1, 0.15) is 37.8 Å². The summed E-state index contributed by atoms with van der Waals surface area (Å²) in [4.78, 5) is 28.8. The number of amides is 3. The van der Waals surface area contributed by atoms with Gasteiger partial charge >= 0.3 is 6.03 Å². The van der Waals surface area contributed by atoms with E-state index < -0.39 is 6.04 Å². The Bertz CT molecular complexity index is 714. The number of carbonyl (C=O) groups is 2. The van der Waals surface area contributed by atoms with Crippen LogP contribution in [-0.2, 0) is 4.79 Å². The average Bonchev–Trinajstić information content (AvgIpc) is 2.95. The molecule has 25 heavy (non-hydrogen) atoms. The van der Waals surface area contributed by atoms with Crippen LogP contribution in [0.2, 0.25) is 0 Å². The Morgan fingerprint density at radius 3 is 2.80 bits per heavy atom. The lowest BCUT2D eigenvalue weighted by Crippen LogP contribution is -2.45. The van der Waals surface area contributed by atoms with Crippen molar-refractivity contribution in [3.63, 3.8) is 0 Å². The third-order valence-electron chi connectivity index (χ3n) is 4.89. The fourth-order valence-electron chi connectivity index (χ4n) is 3.43. The van der Waals surface area contributed by atoms with Crippen molar-refractivity contribution in [1.29, 1.82) is 0 Å². The lowest BCUT2D eigenvalue weighted by molar-refractivity contribution is -0.125. The molecule has 3 amide bonds. The standard InChI is InChI=1S/C19H25N3O3/c1-4-5-6-10-22-12-15-16(18(22)23)17(20-19(24)21(15)2)13-8-7-9-14(11-13)25-3/h7-9,11,17H,4-6,10,12H2,1-3H3,(H,20,24)/t17-/m1/s1. The molecule has 0 aromatic heterocycles. The Hall–Kier alpha value is -2.50. The maximum atomic E-state index is 13.0. The summed E-state index contributed by atoms with van der Waals surface area (Å²) < 4.78 is 5.28. The van der Waals surface area contributed by atoms with Crippen LogP contribution in [0.15, 0.2) is 35.5 Å². The summed E-state index contributed by atoms with van der Waals surface area (Å²) in [5.74, 6) is 0.726. The number of methoxy groups -OCH3 is 1. The molecule has 134 valence electrons. The average molecular weight is 343 g/mol. The molecule has 0 aliphatic carbocycles. The van der Waals surface area contributed by atoms with Gasteiger partial charge in [0, 0.05) is 13.6 Å². The number of urea groups is 1. The van der Waals surface area contributed by atoms with Crippen molar-refractivity contribution in [2.75, 3.05) is 27.2 Å². The van der Waals surface area contributed by atoms with Gasteiger partial charge in [-0.1, -0.05) is 31.9 Å². The van der Waals surface area contributed by atoms with E-state index in [0.29, 0.717) is 17.9 Å². The highest BCUT2D eigenvalue weighted by Crippen LogP contribution is 2.36. The van der Waals surface area contributed by atoms with Crippen LogP contribution in [0, 0.1) is 0 Å². The minimum Gasteiger partial charge on any atom is -0.497 e. The fourth-order valence-corrected chi connectivity index (χ4v) is 3.43. The number of unbranched alkanes of at least 4 members (excludes halogenated alkanes) is 2. The number of hydrogen-bond donors (Lipinski definition) is 1. The molecule has 6 nitrogen and oxygen atoms in total. The van der Waals surface area contributed by atoms with Crippen molar-refractivity contribution in [3.8, 4) is 5.75 Å². The first-order valence-corrected chi connectivity index (χ1v) is 8.77. The summed E-state index contributed by atoms with van der Waals surface area (Å²) >= 11 is 0. The third kappa shape index (κ3) is 3.21. The van der Waals surface area contributed by atoms with Crippen LogP contribution >= 0.6 is 0 Å². The highest BCUT2D eigenvalue weighted by molar-refractivity contribution is 6.01. The number of rotatable bonds is 6. The van der Waals surface area contributed by atoms with Gasteiger partial charge in [-0.05, 0) is 24.1 Å². The zero-order valence-electron chi connectivity index (χ0n) is 15.0. The highest BCUT2D eigenvalue weighted by atomic mass is 16.5. The summed E-state index contributed by atoms with van der Waals surface area (Å²) in [5.41, 5.74) is 2.34. The smallest absolute Gasteiger partial charge is 0.322 e. The molecule has 1 aromatic rings.